The molecule has 0 bridgehead atoms. The zero-order valence-electron chi connectivity index (χ0n) is 9.58. The maximum atomic E-state index is 5.71. The third-order valence-electron chi connectivity index (χ3n) is 1.80. The van der Waals surface area contributed by atoms with Gasteiger partial charge in [0.1, 0.15) is 5.82 Å². The van der Waals surface area contributed by atoms with Gasteiger partial charge in [-0.2, -0.15) is 0 Å². The van der Waals surface area contributed by atoms with Crippen LogP contribution in [-0.4, -0.2) is 41.0 Å². The third kappa shape index (κ3) is 4.44. The maximum absolute atomic E-state index is 5.71. The standard InChI is InChI=1S/C10H17ClN4/c1-10(2,7-15(3)4)14-8-5-6-12-9(11)13-8/h5-6H,7H2,1-4H3,(H,12,13,14). The molecule has 1 rings (SSSR count). The zero-order valence-corrected chi connectivity index (χ0v) is 10.3. The molecule has 0 aromatic carbocycles. The molecule has 0 spiro atoms. The maximum Gasteiger partial charge on any atom is 0.224 e. The Hall–Kier alpha value is -0.870. The van der Waals surface area contributed by atoms with Gasteiger partial charge in [0.25, 0.3) is 0 Å². The fourth-order valence-corrected chi connectivity index (χ4v) is 1.73. The van der Waals surface area contributed by atoms with Gasteiger partial charge < -0.3 is 10.2 Å². The molecule has 0 saturated carbocycles. The highest BCUT2D eigenvalue weighted by Crippen LogP contribution is 2.14. The molecule has 0 aliphatic heterocycles. The summed E-state index contributed by atoms with van der Waals surface area (Å²) in [6.45, 7) is 5.14. The van der Waals surface area contributed by atoms with Crippen LogP contribution in [-0.2, 0) is 0 Å². The first-order valence-electron chi connectivity index (χ1n) is 4.80. The lowest BCUT2D eigenvalue weighted by atomic mass is 10.1. The quantitative estimate of drug-likeness (QED) is 0.800. The van der Waals surface area contributed by atoms with Crippen LogP contribution in [0.5, 0.6) is 0 Å². The summed E-state index contributed by atoms with van der Waals surface area (Å²) >= 11 is 5.71. The lowest BCUT2D eigenvalue weighted by molar-refractivity contribution is 0.333. The minimum Gasteiger partial charge on any atom is -0.364 e. The molecule has 0 fully saturated rings. The van der Waals surface area contributed by atoms with E-state index in [2.05, 4.69) is 34.0 Å². The van der Waals surface area contributed by atoms with Crippen LogP contribution in [0, 0.1) is 0 Å². The molecule has 5 heteroatoms. The van der Waals surface area contributed by atoms with Crippen LogP contribution in [0.3, 0.4) is 0 Å². The Bertz CT molecular complexity index is 325. The van der Waals surface area contributed by atoms with Crippen LogP contribution in [0.15, 0.2) is 12.3 Å². The summed E-state index contributed by atoms with van der Waals surface area (Å²) in [4.78, 5) is 10.0. The number of anilines is 1. The molecule has 0 saturated heterocycles. The molecule has 0 radical (unpaired) electrons. The van der Waals surface area contributed by atoms with Gasteiger partial charge in [0.05, 0.1) is 0 Å². The minimum atomic E-state index is -0.0544. The fraction of sp³-hybridized carbons (Fsp3) is 0.600. The molecule has 1 N–H and O–H groups in total. The van der Waals surface area contributed by atoms with Crippen LogP contribution >= 0.6 is 11.6 Å². The molecular weight excluding hydrogens is 212 g/mol. The lowest BCUT2D eigenvalue weighted by Gasteiger charge is -2.29. The van der Waals surface area contributed by atoms with Crippen molar-refractivity contribution in [3.63, 3.8) is 0 Å². The van der Waals surface area contributed by atoms with Gasteiger partial charge in [-0.1, -0.05) is 0 Å². The van der Waals surface area contributed by atoms with Gasteiger partial charge in [0.15, 0.2) is 0 Å². The van der Waals surface area contributed by atoms with Crippen molar-refractivity contribution in [3.05, 3.63) is 17.5 Å². The summed E-state index contributed by atoms with van der Waals surface area (Å²) < 4.78 is 0. The van der Waals surface area contributed by atoms with E-state index < -0.39 is 0 Å². The van der Waals surface area contributed by atoms with Gasteiger partial charge >= 0.3 is 0 Å². The second-order valence-electron chi connectivity index (χ2n) is 4.46. The van der Waals surface area contributed by atoms with E-state index in [0.717, 1.165) is 12.4 Å². The fourth-order valence-electron chi connectivity index (χ4n) is 1.58. The van der Waals surface area contributed by atoms with E-state index in [1.54, 1.807) is 6.20 Å². The predicted octanol–water partition coefficient (Wildman–Crippen LogP) is 1.88. The molecule has 0 unspecified atom stereocenters. The number of nitrogens with zero attached hydrogens (tertiary/aromatic N) is 3. The van der Waals surface area contributed by atoms with Crippen LogP contribution in [0.4, 0.5) is 5.82 Å². The Morgan fingerprint density at radius 3 is 2.67 bits per heavy atom. The molecule has 0 amide bonds. The molecular formula is C10H17ClN4. The van der Waals surface area contributed by atoms with Crippen molar-refractivity contribution >= 4 is 17.4 Å². The Morgan fingerprint density at radius 2 is 2.13 bits per heavy atom. The average Bonchev–Trinajstić information content (AvgIpc) is 1.99. The van der Waals surface area contributed by atoms with Gasteiger partial charge in [0, 0.05) is 18.3 Å². The van der Waals surface area contributed by atoms with E-state index in [0.29, 0.717) is 0 Å². The smallest absolute Gasteiger partial charge is 0.224 e. The second kappa shape index (κ2) is 4.77. The van der Waals surface area contributed by atoms with Gasteiger partial charge in [-0.15, -0.1) is 0 Å². The van der Waals surface area contributed by atoms with Gasteiger partial charge in [0.2, 0.25) is 5.28 Å². The summed E-state index contributed by atoms with van der Waals surface area (Å²) in [6, 6.07) is 1.81. The number of nitrogens with one attached hydrogen (secondary N) is 1. The Morgan fingerprint density at radius 1 is 1.47 bits per heavy atom. The van der Waals surface area contributed by atoms with Crippen molar-refractivity contribution in [1.82, 2.24) is 14.9 Å². The van der Waals surface area contributed by atoms with Crippen LogP contribution in [0.1, 0.15) is 13.8 Å². The number of rotatable bonds is 4. The lowest BCUT2D eigenvalue weighted by Crippen LogP contribution is -2.41. The van der Waals surface area contributed by atoms with Crippen LogP contribution in [0.2, 0.25) is 5.28 Å². The molecule has 84 valence electrons. The third-order valence-corrected chi connectivity index (χ3v) is 1.99. The topological polar surface area (TPSA) is 41.0 Å². The Kier molecular flexibility index (Phi) is 3.88. The zero-order chi connectivity index (χ0) is 11.5. The molecule has 1 aromatic heterocycles. The summed E-state index contributed by atoms with van der Waals surface area (Å²) in [6.07, 6.45) is 1.64. The highest BCUT2D eigenvalue weighted by atomic mass is 35.5. The van der Waals surface area contributed by atoms with Crippen molar-refractivity contribution < 1.29 is 0 Å². The van der Waals surface area contributed by atoms with Crippen LogP contribution in [0.25, 0.3) is 0 Å². The average molecular weight is 229 g/mol. The van der Waals surface area contributed by atoms with Crippen molar-refractivity contribution in [2.45, 2.75) is 19.4 Å². The number of hydrogen-bond acceptors (Lipinski definition) is 4. The van der Waals surface area contributed by atoms with E-state index in [1.165, 1.54) is 0 Å². The monoisotopic (exact) mass is 228 g/mol. The molecule has 0 aliphatic carbocycles. The number of halogens is 1. The second-order valence-corrected chi connectivity index (χ2v) is 4.80. The Labute approximate surface area is 95.7 Å². The highest BCUT2D eigenvalue weighted by molar-refractivity contribution is 6.28. The van der Waals surface area contributed by atoms with Crippen LogP contribution < -0.4 is 5.32 Å². The molecule has 1 heterocycles. The predicted molar refractivity (Wildman–Crippen MR) is 63.3 cm³/mol. The van der Waals surface area contributed by atoms with Crippen molar-refractivity contribution in [3.8, 4) is 0 Å². The van der Waals surface area contributed by atoms with E-state index in [-0.39, 0.29) is 10.8 Å². The normalized spacial score (nSPS) is 11.9. The molecule has 0 atom stereocenters. The first-order valence-corrected chi connectivity index (χ1v) is 5.18. The largest absolute Gasteiger partial charge is 0.364 e. The van der Waals surface area contributed by atoms with Gasteiger partial charge in [-0.05, 0) is 45.6 Å². The number of likely N-dealkylation sites (N-methyl/N-ethyl adjacent to an activating group) is 1. The summed E-state index contributed by atoms with van der Waals surface area (Å²) in [5.74, 6) is 0.752. The summed E-state index contributed by atoms with van der Waals surface area (Å²) in [5, 5.41) is 3.58. The van der Waals surface area contributed by atoms with Crippen molar-refractivity contribution in [2.24, 2.45) is 0 Å². The van der Waals surface area contributed by atoms with Gasteiger partial charge in [-0.3, -0.25) is 0 Å². The van der Waals surface area contributed by atoms with Crippen molar-refractivity contribution in [2.75, 3.05) is 26.0 Å². The first-order chi connectivity index (χ1) is 6.89. The molecule has 4 nitrogen and oxygen atoms in total. The van der Waals surface area contributed by atoms with E-state index in [4.69, 9.17) is 11.6 Å². The first kappa shape index (κ1) is 12.2. The minimum absolute atomic E-state index is 0.0544. The summed E-state index contributed by atoms with van der Waals surface area (Å²) in [7, 11) is 4.08. The van der Waals surface area contributed by atoms with Crippen molar-refractivity contribution in [1.29, 1.82) is 0 Å². The summed E-state index contributed by atoms with van der Waals surface area (Å²) in [5.41, 5.74) is -0.0544. The van der Waals surface area contributed by atoms with E-state index >= 15 is 0 Å². The Balaban J connectivity index is 2.68. The highest BCUT2D eigenvalue weighted by Gasteiger charge is 2.18. The molecule has 0 aliphatic rings. The SMILES string of the molecule is CN(C)CC(C)(C)Nc1ccnc(Cl)n1. The van der Waals surface area contributed by atoms with Gasteiger partial charge in [-0.25, -0.2) is 9.97 Å². The molecule has 15 heavy (non-hydrogen) atoms. The van der Waals surface area contributed by atoms with E-state index in [9.17, 15) is 0 Å². The molecule has 1 aromatic rings. The number of aromatic nitrogens is 2. The number of hydrogen-bond donors (Lipinski definition) is 1. The van der Waals surface area contributed by atoms with E-state index in [1.807, 2.05) is 20.2 Å².